The van der Waals surface area contributed by atoms with Crippen LogP contribution in [0.5, 0.6) is 11.5 Å². The molecule has 7 nitrogen and oxygen atoms in total. The van der Waals surface area contributed by atoms with Crippen LogP contribution in [0.15, 0.2) is 24.4 Å². The van der Waals surface area contributed by atoms with Crippen LogP contribution in [-0.4, -0.2) is 58.2 Å². The molecule has 0 radical (unpaired) electrons. The molecule has 1 saturated heterocycles. The first kappa shape index (κ1) is 17.6. The summed E-state index contributed by atoms with van der Waals surface area (Å²) in [4.78, 5) is 25.9. The van der Waals surface area contributed by atoms with Gasteiger partial charge in [0.1, 0.15) is 17.1 Å². The number of amides is 1. The predicted molar refractivity (Wildman–Crippen MR) is 101 cm³/mol. The summed E-state index contributed by atoms with van der Waals surface area (Å²) in [5, 5.41) is 20.1. The molecule has 142 valence electrons. The molecule has 1 unspecified atom stereocenters. The maximum Gasteiger partial charge on any atom is 0.261 e. The fourth-order valence-corrected chi connectivity index (χ4v) is 4.36. The number of aromatic nitrogens is 2. The zero-order valence-electron chi connectivity index (χ0n) is 15.6. The van der Waals surface area contributed by atoms with Crippen molar-refractivity contribution in [1.29, 1.82) is 0 Å². The minimum absolute atomic E-state index is 0.0237. The number of likely N-dealkylation sites (tertiary alicyclic amines) is 1. The first-order chi connectivity index (χ1) is 12.9. The van der Waals surface area contributed by atoms with Gasteiger partial charge in [0.15, 0.2) is 0 Å². The van der Waals surface area contributed by atoms with Crippen LogP contribution in [0.25, 0.3) is 0 Å². The topological polar surface area (TPSA) is 89.8 Å². The highest BCUT2D eigenvalue weighted by atomic mass is 16.3. The summed E-state index contributed by atoms with van der Waals surface area (Å²) in [5.41, 5.74) is 1.99. The molecule has 1 amide bonds. The monoisotopic (exact) mass is 368 g/mol. The van der Waals surface area contributed by atoms with E-state index < -0.39 is 0 Å². The lowest BCUT2D eigenvalue weighted by atomic mass is 9.77. The van der Waals surface area contributed by atoms with Crippen LogP contribution in [0.2, 0.25) is 0 Å². The minimum atomic E-state index is -0.333. The lowest BCUT2D eigenvalue weighted by Crippen LogP contribution is -2.48. The average molecular weight is 368 g/mol. The molecule has 2 heterocycles. The van der Waals surface area contributed by atoms with Gasteiger partial charge in [0.05, 0.1) is 5.69 Å². The second-order valence-electron chi connectivity index (χ2n) is 7.72. The molecule has 2 aliphatic rings. The van der Waals surface area contributed by atoms with E-state index in [0.717, 1.165) is 36.9 Å². The Balaban J connectivity index is 1.67. The minimum Gasteiger partial charge on any atom is -0.507 e. The largest absolute Gasteiger partial charge is 0.507 e. The Bertz CT molecular complexity index is 875. The van der Waals surface area contributed by atoms with Gasteiger partial charge in [-0.05, 0) is 43.4 Å². The fraction of sp³-hybridized carbons (Fsp3) is 0.450. The summed E-state index contributed by atoms with van der Waals surface area (Å²) in [6.45, 7) is 1.14. The molecule has 27 heavy (non-hydrogen) atoms. The number of aromatic hydroxyl groups is 2. The predicted octanol–water partition coefficient (Wildman–Crippen LogP) is 2.07. The molecule has 7 heteroatoms. The van der Waals surface area contributed by atoms with Crippen molar-refractivity contribution in [3.8, 4) is 11.5 Å². The molecule has 1 aliphatic heterocycles. The zero-order chi connectivity index (χ0) is 19.2. The number of hydrogen-bond acceptors (Lipinski definition) is 6. The van der Waals surface area contributed by atoms with Crippen LogP contribution in [0.4, 0.5) is 5.95 Å². The quantitative estimate of drug-likeness (QED) is 0.844. The van der Waals surface area contributed by atoms with Crippen molar-refractivity contribution >= 4 is 11.9 Å². The van der Waals surface area contributed by atoms with Crippen LogP contribution in [0.3, 0.4) is 0 Å². The third-order valence-electron chi connectivity index (χ3n) is 5.73. The van der Waals surface area contributed by atoms with Crippen molar-refractivity contribution < 1.29 is 15.0 Å². The number of benzene rings is 1. The van der Waals surface area contributed by atoms with E-state index in [2.05, 4.69) is 4.98 Å². The second-order valence-corrected chi connectivity index (χ2v) is 7.72. The summed E-state index contributed by atoms with van der Waals surface area (Å²) in [5.74, 6) is -0.0378. The number of rotatable bonds is 2. The molecule has 0 bridgehead atoms. The van der Waals surface area contributed by atoms with E-state index in [-0.39, 0.29) is 28.4 Å². The lowest BCUT2D eigenvalue weighted by molar-refractivity contribution is 0.0627. The Morgan fingerprint density at radius 2 is 1.96 bits per heavy atom. The average Bonchev–Trinajstić information content (AvgIpc) is 2.99. The number of fused-ring (bicyclic) bond motifs is 2. The normalized spacial score (nSPS) is 21.3. The maximum absolute atomic E-state index is 13.0. The Morgan fingerprint density at radius 1 is 1.22 bits per heavy atom. The van der Waals surface area contributed by atoms with Crippen molar-refractivity contribution in [2.45, 2.75) is 31.1 Å². The third-order valence-corrected chi connectivity index (χ3v) is 5.73. The van der Waals surface area contributed by atoms with Crippen LogP contribution in [-0.2, 0) is 11.8 Å². The van der Waals surface area contributed by atoms with Crippen LogP contribution >= 0.6 is 0 Å². The molecule has 2 aromatic rings. The van der Waals surface area contributed by atoms with Gasteiger partial charge in [0.25, 0.3) is 5.91 Å². The van der Waals surface area contributed by atoms with E-state index in [4.69, 9.17) is 4.98 Å². The summed E-state index contributed by atoms with van der Waals surface area (Å²) >= 11 is 0. The number of aryl methyl sites for hydroxylation is 1. The number of hydrogen-bond donors (Lipinski definition) is 2. The number of nitrogens with zero attached hydrogens (tertiary/aromatic N) is 4. The second kappa shape index (κ2) is 6.40. The van der Waals surface area contributed by atoms with Gasteiger partial charge in [-0.1, -0.05) is 6.07 Å². The number of carbonyl (C=O) groups is 1. The van der Waals surface area contributed by atoms with E-state index in [9.17, 15) is 15.0 Å². The van der Waals surface area contributed by atoms with Crippen molar-refractivity contribution in [1.82, 2.24) is 14.9 Å². The van der Waals surface area contributed by atoms with Crippen LogP contribution < -0.4 is 4.90 Å². The van der Waals surface area contributed by atoms with Gasteiger partial charge < -0.3 is 20.0 Å². The first-order valence-electron chi connectivity index (χ1n) is 9.25. The summed E-state index contributed by atoms with van der Waals surface area (Å²) < 4.78 is 0. The molecular formula is C20H24N4O3. The van der Waals surface area contributed by atoms with Gasteiger partial charge in [0, 0.05) is 38.8 Å². The molecule has 0 saturated carbocycles. The van der Waals surface area contributed by atoms with Gasteiger partial charge >= 0.3 is 0 Å². The van der Waals surface area contributed by atoms with E-state index in [0.29, 0.717) is 19.0 Å². The summed E-state index contributed by atoms with van der Waals surface area (Å²) in [6.07, 6.45) is 5.58. The third kappa shape index (κ3) is 2.87. The molecule has 1 aromatic carbocycles. The summed E-state index contributed by atoms with van der Waals surface area (Å²) in [7, 11) is 3.84. The Kier molecular flexibility index (Phi) is 4.17. The standard InChI is InChI=1S/C20H24N4O3/c1-23(2)19-21-11-13-7-9-20(17(13)22-19)8-4-10-24(12-20)18(27)16-14(25)5-3-6-15(16)26/h3,5-6,11,25-26H,4,7-10,12H2,1-2H3. The van der Waals surface area contributed by atoms with Crippen LogP contribution in [0, 0.1) is 0 Å². The maximum atomic E-state index is 13.0. The van der Waals surface area contributed by atoms with Gasteiger partial charge in [-0.3, -0.25) is 4.79 Å². The van der Waals surface area contributed by atoms with Gasteiger partial charge in [-0.2, -0.15) is 0 Å². The van der Waals surface area contributed by atoms with Crippen molar-refractivity contribution in [3.05, 3.63) is 41.2 Å². The highest BCUT2D eigenvalue weighted by Gasteiger charge is 2.45. The molecule has 1 aromatic heterocycles. The molecule has 1 spiro atoms. The van der Waals surface area contributed by atoms with Gasteiger partial charge in [-0.15, -0.1) is 0 Å². The van der Waals surface area contributed by atoms with Gasteiger partial charge in [-0.25, -0.2) is 9.97 Å². The number of anilines is 1. The van der Waals surface area contributed by atoms with Crippen molar-refractivity contribution in [2.75, 3.05) is 32.1 Å². The van der Waals surface area contributed by atoms with Crippen LogP contribution in [0.1, 0.15) is 40.9 Å². The Hall–Kier alpha value is -2.83. The summed E-state index contributed by atoms with van der Waals surface area (Å²) in [6, 6.07) is 4.37. The van der Waals surface area contributed by atoms with E-state index in [1.807, 2.05) is 25.2 Å². The molecule has 1 atom stereocenters. The number of phenols is 2. The zero-order valence-corrected chi connectivity index (χ0v) is 15.6. The lowest BCUT2D eigenvalue weighted by Gasteiger charge is -2.40. The van der Waals surface area contributed by atoms with E-state index in [1.165, 1.54) is 18.2 Å². The highest BCUT2D eigenvalue weighted by molar-refractivity contribution is 5.99. The molecule has 2 N–H and O–H groups in total. The highest BCUT2D eigenvalue weighted by Crippen LogP contribution is 2.45. The molecular weight excluding hydrogens is 344 g/mol. The molecule has 4 rings (SSSR count). The van der Waals surface area contributed by atoms with E-state index >= 15 is 0 Å². The first-order valence-corrected chi connectivity index (χ1v) is 9.25. The Labute approximate surface area is 158 Å². The number of carbonyl (C=O) groups excluding carboxylic acids is 1. The van der Waals surface area contributed by atoms with Gasteiger partial charge in [0.2, 0.25) is 5.95 Å². The number of piperidine rings is 1. The molecule has 1 fully saturated rings. The van der Waals surface area contributed by atoms with E-state index in [1.54, 1.807) is 4.90 Å². The number of phenolic OH excluding ortho intramolecular Hbond substituents is 2. The smallest absolute Gasteiger partial charge is 0.261 e. The van der Waals surface area contributed by atoms with Crippen molar-refractivity contribution in [2.24, 2.45) is 0 Å². The fourth-order valence-electron chi connectivity index (χ4n) is 4.36. The Morgan fingerprint density at radius 3 is 2.67 bits per heavy atom. The molecule has 1 aliphatic carbocycles. The van der Waals surface area contributed by atoms with Crippen molar-refractivity contribution in [3.63, 3.8) is 0 Å². The SMILES string of the molecule is CN(C)c1ncc2c(n1)C1(CCCN(C(=O)c3c(O)cccc3O)C1)CC2.